The van der Waals surface area contributed by atoms with Crippen LogP contribution in [0.2, 0.25) is 0 Å². The topological polar surface area (TPSA) is 66.4 Å². The molecule has 0 aromatic carbocycles. The molecule has 0 aliphatic heterocycles. The molecule has 2 rings (SSSR count). The Morgan fingerprint density at radius 1 is 1.38 bits per heavy atom. The number of hydrogen-bond acceptors (Lipinski definition) is 2. The molecule has 3 atom stereocenters. The Morgan fingerprint density at radius 2 is 2.00 bits per heavy atom. The van der Waals surface area contributed by atoms with Crippen LogP contribution in [0.3, 0.4) is 0 Å². The number of carbonyl (C=O) groups is 2. The number of nitrogens with one attached hydrogen (secondary N) is 1. The third-order valence-electron chi connectivity index (χ3n) is 3.56. The molecule has 2 aliphatic rings. The summed E-state index contributed by atoms with van der Waals surface area (Å²) in [5.41, 5.74) is 0.124. The van der Waals surface area contributed by atoms with Gasteiger partial charge >= 0.3 is 5.97 Å². The number of carboxylic acid groups (broad SMARTS) is 1. The van der Waals surface area contributed by atoms with Crippen molar-refractivity contribution in [3.8, 4) is 0 Å². The van der Waals surface area contributed by atoms with Gasteiger partial charge in [-0.25, -0.2) is 0 Å². The van der Waals surface area contributed by atoms with E-state index >= 15 is 0 Å². The van der Waals surface area contributed by atoms with Crippen molar-refractivity contribution < 1.29 is 14.7 Å². The van der Waals surface area contributed by atoms with Crippen LogP contribution in [-0.2, 0) is 9.59 Å². The minimum atomic E-state index is -0.820. The van der Waals surface area contributed by atoms with Gasteiger partial charge in [-0.15, -0.1) is 0 Å². The molecule has 0 aromatic heterocycles. The monoisotopic (exact) mass is 223 g/mol. The van der Waals surface area contributed by atoms with Gasteiger partial charge in [0, 0.05) is 12.0 Å². The molecule has 0 heterocycles. The van der Waals surface area contributed by atoms with E-state index in [1.54, 1.807) is 12.2 Å². The summed E-state index contributed by atoms with van der Waals surface area (Å²) < 4.78 is 0. The van der Waals surface area contributed by atoms with Gasteiger partial charge in [0.2, 0.25) is 5.91 Å². The van der Waals surface area contributed by atoms with Crippen molar-refractivity contribution in [2.45, 2.75) is 32.7 Å². The first-order valence-electron chi connectivity index (χ1n) is 5.61. The van der Waals surface area contributed by atoms with Gasteiger partial charge in [-0.2, -0.15) is 0 Å². The molecule has 3 unspecified atom stereocenters. The Labute approximate surface area is 94.7 Å². The zero-order valence-corrected chi connectivity index (χ0v) is 9.56. The van der Waals surface area contributed by atoms with E-state index in [4.69, 9.17) is 5.11 Å². The Bertz CT molecular complexity index is 359. The normalized spacial score (nSPS) is 34.8. The first-order chi connectivity index (χ1) is 7.40. The number of rotatable bonds is 3. The van der Waals surface area contributed by atoms with E-state index in [1.165, 1.54) is 0 Å². The third-order valence-corrected chi connectivity index (χ3v) is 3.56. The first kappa shape index (κ1) is 11.2. The molecule has 0 aromatic rings. The predicted octanol–water partition coefficient (Wildman–Crippen LogP) is 1.18. The molecule has 4 nitrogen and oxygen atoms in total. The summed E-state index contributed by atoms with van der Waals surface area (Å²) in [6.45, 7) is 4.14. The summed E-state index contributed by atoms with van der Waals surface area (Å²) in [4.78, 5) is 22.5. The quantitative estimate of drug-likeness (QED) is 0.706. The second kappa shape index (κ2) is 3.61. The van der Waals surface area contributed by atoms with Crippen molar-refractivity contribution >= 4 is 11.9 Å². The number of carboxylic acids is 1. The molecule has 1 amide bonds. The summed E-state index contributed by atoms with van der Waals surface area (Å²) in [5, 5.41) is 11.7. The summed E-state index contributed by atoms with van der Waals surface area (Å²) in [6, 6.07) is -0.106. The lowest BCUT2D eigenvalue weighted by Gasteiger charge is -2.12. The second-order valence-electron chi connectivity index (χ2n) is 5.43. The lowest BCUT2D eigenvalue weighted by atomic mass is 10.1. The standard InChI is InChI=1S/C12H17NO3/c1-12(2)6-9(12)10(14)13-8-4-3-7(5-8)11(15)16/h3-4,7-9H,5-6H2,1-2H3,(H,13,14)(H,15,16). The van der Waals surface area contributed by atoms with Crippen LogP contribution in [-0.4, -0.2) is 23.0 Å². The van der Waals surface area contributed by atoms with Crippen LogP contribution in [0.25, 0.3) is 0 Å². The molecule has 4 heteroatoms. The van der Waals surface area contributed by atoms with Crippen LogP contribution in [0, 0.1) is 17.3 Å². The van der Waals surface area contributed by atoms with Crippen molar-refractivity contribution in [3.05, 3.63) is 12.2 Å². The molecule has 0 spiro atoms. The smallest absolute Gasteiger partial charge is 0.310 e. The molecule has 16 heavy (non-hydrogen) atoms. The van der Waals surface area contributed by atoms with E-state index in [0.717, 1.165) is 6.42 Å². The van der Waals surface area contributed by atoms with E-state index in [2.05, 4.69) is 19.2 Å². The Balaban J connectivity index is 1.83. The van der Waals surface area contributed by atoms with E-state index in [9.17, 15) is 9.59 Å². The maximum absolute atomic E-state index is 11.8. The molecule has 88 valence electrons. The van der Waals surface area contributed by atoms with Gasteiger partial charge in [0.1, 0.15) is 0 Å². The summed E-state index contributed by atoms with van der Waals surface area (Å²) in [6.07, 6.45) is 4.85. The van der Waals surface area contributed by atoms with Gasteiger partial charge < -0.3 is 10.4 Å². The average molecular weight is 223 g/mol. The Hall–Kier alpha value is -1.32. The zero-order chi connectivity index (χ0) is 11.9. The largest absolute Gasteiger partial charge is 0.481 e. The Morgan fingerprint density at radius 3 is 2.44 bits per heavy atom. The van der Waals surface area contributed by atoms with Crippen LogP contribution in [0.15, 0.2) is 12.2 Å². The summed E-state index contributed by atoms with van der Waals surface area (Å²) >= 11 is 0. The predicted molar refractivity (Wildman–Crippen MR) is 58.7 cm³/mol. The maximum Gasteiger partial charge on any atom is 0.310 e. The van der Waals surface area contributed by atoms with E-state index in [-0.39, 0.29) is 23.3 Å². The molecular weight excluding hydrogens is 206 g/mol. The van der Waals surface area contributed by atoms with Crippen LogP contribution in [0.4, 0.5) is 0 Å². The van der Waals surface area contributed by atoms with Crippen molar-refractivity contribution in [1.29, 1.82) is 0 Å². The highest BCUT2D eigenvalue weighted by Crippen LogP contribution is 2.51. The van der Waals surface area contributed by atoms with Gasteiger partial charge in [-0.3, -0.25) is 9.59 Å². The van der Waals surface area contributed by atoms with Crippen LogP contribution >= 0.6 is 0 Å². The Kier molecular flexibility index (Phi) is 2.52. The van der Waals surface area contributed by atoms with Crippen molar-refractivity contribution in [2.24, 2.45) is 17.3 Å². The SMILES string of the molecule is CC1(C)CC1C(=O)NC1C=CC(C(=O)O)C1. The van der Waals surface area contributed by atoms with Crippen molar-refractivity contribution in [2.75, 3.05) is 0 Å². The number of carbonyl (C=O) groups excluding carboxylic acids is 1. The lowest BCUT2D eigenvalue weighted by molar-refractivity contribution is -0.140. The molecule has 2 N–H and O–H groups in total. The first-order valence-corrected chi connectivity index (χ1v) is 5.61. The number of aliphatic carboxylic acids is 1. The summed E-state index contributed by atoms with van der Waals surface area (Å²) in [7, 11) is 0. The van der Waals surface area contributed by atoms with Crippen molar-refractivity contribution in [3.63, 3.8) is 0 Å². The lowest BCUT2D eigenvalue weighted by Crippen LogP contribution is -2.35. The molecular formula is C12H17NO3. The van der Waals surface area contributed by atoms with Gasteiger partial charge in [0.15, 0.2) is 0 Å². The molecule has 2 aliphatic carbocycles. The zero-order valence-electron chi connectivity index (χ0n) is 9.56. The molecule has 1 saturated carbocycles. The van der Waals surface area contributed by atoms with Gasteiger partial charge in [0.05, 0.1) is 5.92 Å². The molecule has 0 radical (unpaired) electrons. The third kappa shape index (κ3) is 2.10. The van der Waals surface area contributed by atoms with E-state index in [0.29, 0.717) is 6.42 Å². The minimum Gasteiger partial charge on any atom is -0.481 e. The van der Waals surface area contributed by atoms with Crippen molar-refractivity contribution in [1.82, 2.24) is 5.32 Å². The van der Waals surface area contributed by atoms with Gasteiger partial charge in [-0.05, 0) is 18.3 Å². The van der Waals surface area contributed by atoms with Gasteiger partial charge in [-0.1, -0.05) is 26.0 Å². The maximum atomic E-state index is 11.8. The number of hydrogen-bond donors (Lipinski definition) is 2. The summed E-state index contributed by atoms with van der Waals surface area (Å²) in [5.74, 6) is -1.10. The van der Waals surface area contributed by atoms with Crippen LogP contribution < -0.4 is 5.32 Å². The molecule has 0 bridgehead atoms. The van der Waals surface area contributed by atoms with Crippen LogP contribution in [0.5, 0.6) is 0 Å². The van der Waals surface area contributed by atoms with E-state index < -0.39 is 11.9 Å². The molecule has 1 fully saturated rings. The minimum absolute atomic E-state index is 0.0608. The highest BCUT2D eigenvalue weighted by molar-refractivity contribution is 5.83. The highest BCUT2D eigenvalue weighted by Gasteiger charge is 2.50. The van der Waals surface area contributed by atoms with Crippen LogP contribution in [0.1, 0.15) is 26.7 Å². The fourth-order valence-electron chi connectivity index (χ4n) is 2.19. The average Bonchev–Trinajstić information content (AvgIpc) is 2.62. The van der Waals surface area contributed by atoms with Gasteiger partial charge in [0.25, 0.3) is 0 Å². The fourth-order valence-corrected chi connectivity index (χ4v) is 2.19. The number of amides is 1. The fraction of sp³-hybridized carbons (Fsp3) is 0.667. The second-order valence-corrected chi connectivity index (χ2v) is 5.43. The highest BCUT2D eigenvalue weighted by atomic mass is 16.4. The van der Waals surface area contributed by atoms with E-state index in [1.807, 2.05) is 0 Å². The molecule has 0 saturated heterocycles.